The fraction of sp³-hybridized carbons (Fsp3) is 0.312. The van der Waals surface area contributed by atoms with Crippen LogP contribution >= 0.6 is 0 Å². The molecular weight excluding hydrogens is 266 g/mol. The lowest BCUT2D eigenvalue weighted by atomic mass is 10.1. The van der Waals surface area contributed by atoms with Crippen LogP contribution in [0.4, 0.5) is 5.82 Å². The van der Waals surface area contributed by atoms with Crippen LogP contribution in [-0.2, 0) is 6.54 Å². The van der Waals surface area contributed by atoms with E-state index < -0.39 is 5.97 Å². The number of carbonyl (C=O) groups is 1. The second-order valence-corrected chi connectivity index (χ2v) is 5.27. The Morgan fingerprint density at radius 2 is 2.05 bits per heavy atom. The number of rotatable bonds is 5. The molecule has 2 rings (SSSR count). The Morgan fingerprint density at radius 1 is 1.29 bits per heavy atom. The van der Waals surface area contributed by atoms with Crippen LogP contribution < -0.4 is 5.32 Å². The SMILES string of the molecule is Cc1cc(NCc2cccc(C(=O)O)c2)nc(C(C)C)n1. The molecule has 0 amide bonds. The van der Waals surface area contributed by atoms with Gasteiger partial charge in [0.15, 0.2) is 0 Å². The predicted octanol–water partition coefficient (Wildman–Crippen LogP) is 3.22. The van der Waals surface area contributed by atoms with Crippen molar-refractivity contribution in [2.75, 3.05) is 5.32 Å². The van der Waals surface area contributed by atoms with E-state index in [4.69, 9.17) is 5.11 Å². The molecule has 2 aromatic rings. The van der Waals surface area contributed by atoms with E-state index in [-0.39, 0.29) is 11.5 Å². The molecule has 21 heavy (non-hydrogen) atoms. The van der Waals surface area contributed by atoms with Crippen LogP contribution in [0.2, 0.25) is 0 Å². The third-order valence-corrected chi connectivity index (χ3v) is 3.04. The van der Waals surface area contributed by atoms with Crippen molar-refractivity contribution in [3.63, 3.8) is 0 Å². The normalized spacial score (nSPS) is 10.7. The highest BCUT2D eigenvalue weighted by Gasteiger charge is 2.07. The van der Waals surface area contributed by atoms with Gasteiger partial charge in [-0.05, 0) is 24.6 Å². The lowest BCUT2D eigenvalue weighted by Gasteiger charge is -2.10. The number of hydrogen-bond acceptors (Lipinski definition) is 4. The molecule has 0 spiro atoms. The van der Waals surface area contributed by atoms with Crippen LogP contribution in [0.3, 0.4) is 0 Å². The van der Waals surface area contributed by atoms with E-state index in [0.717, 1.165) is 22.9 Å². The smallest absolute Gasteiger partial charge is 0.335 e. The van der Waals surface area contributed by atoms with Gasteiger partial charge in [-0.15, -0.1) is 0 Å². The van der Waals surface area contributed by atoms with Crippen molar-refractivity contribution in [1.29, 1.82) is 0 Å². The number of carboxylic acids is 1. The van der Waals surface area contributed by atoms with E-state index in [9.17, 15) is 4.79 Å². The number of aromatic carboxylic acids is 1. The van der Waals surface area contributed by atoms with Crippen molar-refractivity contribution in [2.24, 2.45) is 0 Å². The standard InChI is InChI=1S/C16H19N3O2/c1-10(2)15-18-11(3)7-14(19-15)17-9-12-5-4-6-13(8-12)16(20)21/h4-8,10H,9H2,1-3H3,(H,20,21)(H,17,18,19). The Labute approximate surface area is 124 Å². The maximum Gasteiger partial charge on any atom is 0.335 e. The minimum atomic E-state index is -0.920. The zero-order valence-corrected chi connectivity index (χ0v) is 12.4. The zero-order chi connectivity index (χ0) is 15.4. The molecule has 0 saturated carbocycles. The van der Waals surface area contributed by atoms with Gasteiger partial charge in [0.25, 0.3) is 0 Å². The Balaban J connectivity index is 2.13. The van der Waals surface area contributed by atoms with E-state index in [0.29, 0.717) is 6.54 Å². The molecule has 1 aromatic carbocycles. The minimum Gasteiger partial charge on any atom is -0.478 e. The van der Waals surface area contributed by atoms with Gasteiger partial charge in [-0.25, -0.2) is 14.8 Å². The second kappa shape index (κ2) is 6.35. The lowest BCUT2D eigenvalue weighted by Crippen LogP contribution is -2.07. The van der Waals surface area contributed by atoms with E-state index >= 15 is 0 Å². The summed E-state index contributed by atoms with van der Waals surface area (Å²) in [6.45, 7) is 6.56. The number of nitrogens with one attached hydrogen (secondary N) is 1. The Morgan fingerprint density at radius 3 is 2.71 bits per heavy atom. The predicted molar refractivity (Wildman–Crippen MR) is 81.6 cm³/mol. The van der Waals surface area contributed by atoms with Gasteiger partial charge in [-0.3, -0.25) is 0 Å². The monoisotopic (exact) mass is 285 g/mol. The van der Waals surface area contributed by atoms with Gasteiger partial charge in [-0.2, -0.15) is 0 Å². The van der Waals surface area contributed by atoms with Gasteiger partial charge in [0.05, 0.1) is 5.56 Å². The first-order chi connectivity index (χ1) is 9.95. The highest BCUT2D eigenvalue weighted by molar-refractivity contribution is 5.87. The summed E-state index contributed by atoms with van der Waals surface area (Å²) in [5.74, 6) is 0.904. The Kier molecular flexibility index (Phi) is 4.52. The van der Waals surface area contributed by atoms with Crippen molar-refractivity contribution in [3.8, 4) is 0 Å². The topological polar surface area (TPSA) is 75.1 Å². The van der Waals surface area contributed by atoms with Gasteiger partial charge in [0.2, 0.25) is 0 Å². The van der Waals surface area contributed by atoms with Crippen LogP contribution in [0.1, 0.15) is 47.2 Å². The van der Waals surface area contributed by atoms with Crippen LogP contribution in [-0.4, -0.2) is 21.0 Å². The molecule has 0 aliphatic rings. The number of benzene rings is 1. The quantitative estimate of drug-likeness (QED) is 0.882. The summed E-state index contributed by atoms with van der Waals surface area (Å²) in [5, 5.41) is 12.2. The summed E-state index contributed by atoms with van der Waals surface area (Å²) >= 11 is 0. The van der Waals surface area contributed by atoms with Gasteiger partial charge in [-0.1, -0.05) is 26.0 Å². The minimum absolute atomic E-state index is 0.265. The van der Waals surface area contributed by atoms with Gasteiger partial charge >= 0.3 is 5.97 Å². The van der Waals surface area contributed by atoms with Crippen LogP contribution in [0.25, 0.3) is 0 Å². The summed E-state index contributed by atoms with van der Waals surface area (Å²) in [4.78, 5) is 19.8. The van der Waals surface area contributed by atoms with Crippen molar-refractivity contribution < 1.29 is 9.90 Å². The molecule has 5 nitrogen and oxygen atoms in total. The van der Waals surface area contributed by atoms with Crippen LogP contribution in [0.5, 0.6) is 0 Å². The van der Waals surface area contributed by atoms with E-state index in [1.807, 2.05) is 19.1 Å². The number of aromatic nitrogens is 2. The first-order valence-electron chi connectivity index (χ1n) is 6.87. The number of anilines is 1. The first kappa shape index (κ1) is 15.0. The molecule has 0 aliphatic heterocycles. The maximum absolute atomic E-state index is 11.0. The van der Waals surface area contributed by atoms with Gasteiger partial charge in [0.1, 0.15) is 11.6 Å². The van der Waals surface area contributed by atoms with E-state index in [1.165, 1.54) is 0 Å². The Hall–Kier alpha value is -2.43. The summed E-state index contributed by atoms with van der Waals surface area (Å²) in [5.41, 5.74) is 2.10. The van der Waals surface area contributed by atoms with Crippen LogP contribution in [0, 0.1) is 6.92 Å². The summed E-state index contributed by atoms with van der Waals surface area (Å²) in [6, 6.07) is 8.75. The second-order valence-electron chi connectivity index (χ2n) is 5.27. The highest BCUT2D eigenvalue weighted by atomic mass is 16.4. The van der Waals surface area contributed by atoms with Gasteiger partial charge < -0.3 is 10.4 Å². The summed E-state index contributed by atoms with van der Waals surface area (Å²) < 4.78 is 0. The number of hydrogen-bond donors (Lipinski definition) is 2. The van der Waals surface area contributed by atoms with Crippen molar-refractivity contribution in [2.45, 2.75) is 33.2 Å². The van der Waals surface area contributed by atoms with Crippen molar-refractivity contribution in [3.05, 3.63) is 53.0 Å². The molecule has 0 saturated heterocycles. The largest absolute Gasteiger partial charge is 0.478 e. The Bertz CT molecular complexity index is 654. The molecule has 0 bridgehead atoms. The number of aryl methyl sites for hydroxylation is 1. The molecule has 0 unspecified atom stereocenters. The van der Waals surface area contributed by atoms with Crippen molar-refractivity contribution >= 4 is 11.8 Å². The molecule has 0 aliphatic carbocycles. The average molecular weight is 285 g/mol. The highest BCUT2D eigenvalue weighted by Crippen LogP contribution is 2.14. The molecule has 2 N–H and O–H groups in total. The average Bonchev–Trinajstić information content (AvgIpc) is 2.45. The van der Waals surface area contributed by atoms with Gasteiger partial charge in [0, 0.05) is 24.2 Å². The third kappa shape index (κ3) is 4.02. The number of carboxylic acid groups (broad SMARTS) is 1. The molecule has 1 heterocycles. The number of nitrogens with zero attached hydrogens (tertiary/aromatic N) is 2. The molecule has 0 radical (unpaired) electrons. The zero-order valence-electron chi connectivity index (χ0n) is 12.4. The first-order valence-corrected chi connectivity index (χ1v) is 6.87. The third-order valence-electron chi connectivity index (χ3n) is 3.04. The lowest BCUT2D eigenvalue weighted by molar-refractivity contribution is 0.0697. The summed E-state index contributed by atoms with van der Waals surface area (Å²) in [6.07, 6.45) is 0. The van der Waals surface area contributed by atoms with Crippen molar-refractivity contribution in [1.82, 2.24) is 9.97 Å². The van der Waals surface area contributed by atoms with E-state index in [1.54, 1.807) is 18.2 Å². The molecule has 1 aromatic heterocycles. The van der Waals surface area contributed by atoms with E-state index in [2.05, 4.69) is 29.1 Å². The maximum atomic E-state index is 11.0. The molecular formula is C16H19N3O2. The van der Waals surface area contributed by atoms with Crippen LogP contribution in [0.15, 0.2) is 30.3 Å². The fourth-order valence-corrected chi connectivity index (χ4v) is 1.95. The molecule has 5 heteroatoms. The molecule has 110 valence electrons. The summed E-state index contributed by atoms with van der Waals surface area (Å²) in [7, 11) is 0. The fourth-order valence-electron chi connectivity index (χ4n) is 1.95. The molecule has 0 atom stereocenters. The molecule has 0 fully saturated rings.